The molecular weight excluding hydrogens is 372 g/mol. The molecule has 3 fully saturated rings. The lowest BCUT2D eigenvalue weighted by atomic mass is 9.89. The predicted molar refractivity (Wildman–Crippen MR) is 94.7 cm³/mol. The van der Waals surface area contributed by atoms with Crippen molar-refractivity contribution in [2.75, 3.05) is 24.5 Å². The number of benzene rings is 1. The smallest absolute Gasteiger partial charge is 0.407 e. The highest BCUT2D eigenvalue weighted by Crippen LogP contribution is 2.33. The summed E-state index contributed by atoms with van der Waals surface area (Å²) in [6.45, 7) is 1.30. The first-order valence-electron chi connectivity index (χ1n) is 9.42. The molecule has 150 valence electrons. The Kier molecular flexibility index (Phi) is 4.91. The molecule has 2 N–H and O–H groups in total. The summed E-state index contributed by atoms with van der Waals surface area (Å²) >= 11 is 0. The van der Waals surface area contributed by atoms with E-state index in [1.165, 1.54) is 12.1 Å². The van der Waals surface area contributed by atoms with Crippen molar-refractivity contribution in [2.24, 2.45) is 5.92 Å². The summed E-state index contributed by atoms with van der Waals surface area (Å²) in [4.78, 5) is 36.5. The van der Waals surface area contributed by atoms with Crippen molar-refractivity contribution in [3.05, 3.63) is 29.3 Å². The van der Waals surface area contributed by atoms with Crippen molar-refractivity contribution >= 4 is 23.6 Å². The highest BCUT2D eigenvalue weighted by Gasteiger charge is 2.35. The van der Waals surface area contributed by atoms with Crippen LogP contribution in [0.25, 0.3) is 0 Å². The van der Waals surface area contributed by atoms with Gasteiger partial charge in [-0.15, -0.1) is 0 Å². The second-order valence-electron chi connectivity index (χ2n) is 7.58. The van der Waals surface area contributed by atoms with E-state index in [1.807, 2.05) is 0 Å². The van der Waals surface area contributed by atoms with Crippen molar-refractivity contribution in [3.8, 4) is 0 Å². The summed E-state index contributed by atoms with van der Waals surface area (Å²) in [6, 6.07) is 2.34. The minimum absolute atomic E-state index is 0.0466. The summed E-state index contributed by atoms with van der Waals surface area (Å²) in [7, 11) is 0. The van der Waals surface area contributed by atoms with Gasteiger partial charge in [0.05, 0.1) is 19.0 Å². The molecule has 1 atom stereocenters. The Balaban J connectivity index is 1.35. The fraction of sp³-hybridized carbons (Fsp3) is 0.526. The quantitative estimate of drug-likeness (QED) is 0.745. The molecule has 1 saturated carbocycles. The van der Waals surface area contributed by atoms with Crippen LogP contribution in [0.5, 0.6) is 0 Å². The Morgan fingerprint density at radius 1 is 1.18 bits per heavy atom. The van der Waals surface area contributed by atoms with Crippen LogP contribution >= 0.6 is 0 Å². The van der Waals surface area contributed by atoms with Crippen molar-refractivity contribution in [3.63, 3.8) is 0 Å². The SMILES string of the molecule is O=C1CCC(c2c(F)cc(N3CC(OC(=O)NCC4CC4)C3)cc2F)C(=O)N1. The molecule has 2 saturated heterocycles. The van der Waals surface area contributed by atoms with Crippen molar-refractivity contribution in [1.29, 1.82) is 0 Å². The first kappa shape index (κ1) is 18.6. The van der Waals surface area contributed by atoms with E-state index in [4.69, 9.17) is 4.74 Å². The van der Waals surface area contributed by atoms with Gasteiger partial charge in [-0.2, -0.15) is 0 Å². The third-order valence-corrected chi connectivity index (χ3v) is 5.37. The molecular formula is C19H21F2N3O4. The fourth-order valence-electron chi connectivity index (χ4n) is 3.52. The maximum absolute atomic E-state index is 14.5. The van der Waals surface area contributed by atoms with E-state index in [1.54, 1.807) is 4.90 Å². The van der Waals surface area contributed by atoms with Gasteiger partial charge in [0.1, 0.15) is 17.7 Å². The van der Waals surface area contributed by atoms with Gasteiger partial charge in [0, 0.05) is 24.2 Å². The van der Waals surface area contributed by atoms with E-state index in [9.17, 15) is 23.2 Å². The molecule has 2 aliphatic heterocycles. The molecule has 0 spiro atoms. The van der Waals surface area contributed by atoms with E-state index in [0.29, 0.717) is 31.2 Å². The topological polar surface area (TPSA) is 87.7 Å². The van der Waals surface area contributed by atoms with Gasteiger partial charge < -0.3 is 15.0 Å². The van der Waals surface area contributed by atoms with E-state index in [2.05, 4.69) is 10.6 Å². The number of nitrogens with zero attached hydrogens (tertiary/aromatic N) is 1. The number of hydrogen-bond donors (Lipinski definition) is 2. The number of piperidine rings is 1. The number of halogens is 2. The molecule has 1 aliphatic carbocycles. The summed E-state index contributed by atoms with van der Waals surface area (Å²) in [5.41, 5.74) is 0.00538. The van der Waals surface area contributed by atoms with Crippen LogP contribution < -0.4 is 15.5 Å². The Morgan fingerprint density at radius 3 is 2.46 bits per heavy atom. The number of carbonyl (C=O) groups excluding carboxylic acids is 3. The lowest BCUT2D eigenvalue weighted by molar-refractivity contribution is -0.134. The normalized spacial score (nSPS) is 22.5. The van der Waals surface area contributed by atoms with Crippen molar-refractivity contribution in [1.82, 2.24) is 10.6 Å². The number of anilines is 1. The minimum atomic E-state index is -1.02. The van der Waals surface area contributed by atoms with Gasteiger partial charge in [-0.3, -0.25) is 14.9 Å². The predicted octanol–water partition coefficient (Wildman–Crippen LogP) is 1.81. The number of amides is 3. The van der Waals surface area contributed by atoms with E-state index < -0.39 is 35.5 Å². The number of nitrogens with one attached hydrogen (secondary N) is 2. The number of hydrogen-bond acceptors (Lipinski definition) is 5. The summed E-state index contributed by atoms with van der Waals surface area (Å²) in [5, 5.41) is 4.82. The second-order valence-corrected chi connectivity index (χ2v) is 7.58. The third kappa shape index (κ3) is 3.93. The molecule has 4 rings (SSSR count). The van der Waals surface area contributed by atoms with Crippen LogP contribution in [-0.2, 0) is 14.3 Å². The molecule has 1 aromatic rings. The maximum atomic E-state index is 14.5. The molecule has 1 aromatic carbocycles. The van der Waals surface area contributed by atoms with Crippen LogP contribution in [0.2, 0.25) is 0 Å². The zero-order valence-corrected chi connectivity index (χ0v) is 15.2. The number of imide groups is 1. The van der Waals surface area contributed by atoms with Gasteiger partial charge >= 0.3 is 6.09 Å². The first-order chi connectivity index (χ1) is 13.4. The van der Waals surface area contributed by atoms with Crippen LogP contribution in [0.4, 0.5) is 19.3 Å². The van der Waals surface area contributed by atoms with Crippen LogP contribution in [0, 0.1) is 17.6 Å². The zero-order chi connectivity index (χ0) is 19.8. The number of ether oxygens (including phenoxy) is 1. The van der Waals surface area contributed by atoms with Crippen LogP contribution in [0.1, 0.15) is 37.2 Å². The van der Waals surface area contributed by atoms with Crippen LogP contribution in [0.3, 0.4) is 0 Å². The monoisotopic (exact) mass is 393 g/mol. The summed E-state index contributed by atoms with van der Waals surface area (Å²) < 4.78 is 34.4. The molecule has 0 bridgehead atoms. The Labute approximate surface area is 160 Å². The molecule has 3 aliphatic rings. The maximum Gasteiger partial charge on any atom is 0.407 e. The molecule has 3 amide bonds. The molecule has 1 unspecified atom stereocenters. The first-order valence-corrected chi connectivity index (χ1v) is 9.42. The van der Waals surface area contributed by atoms with Crippen LogP contribution in [0.15, 0.2) is 12.1 Å². The number of alkyl carbamates (subject to hydrolysis) is 1. The standard InChI is InChI=1S/C19H21F2N3O4/c20-14-5-11(6-15(21)17(14)13-3-4-16(25)23-18(13)26)24-8-12(9-24)28-19(27)22-7-10-1-2-10/h5-6,10,12-13H,1-4,7-9H2,(H,22,27)(H,23,25,26). The van der Waals surface area contributed by atoms with Gasteiger partial charge in [0.2, 0.25) is 11.8 Å². The van der Waals surface area contributed by atoms with Crippen LogP contribution in [-0.4, -0.2) is 43.6 Å². The fourth-order valence-corrected chi connectivity index (χ4v) is 3.52. The minimum Gasteiger partial charge on any atom is -0.442 e. The van der Waals surface area contributed by atoms with Crippen molar-refractivity contribution in [2.45, 2.75) is 37.7 Å². The van der Waals surface area contributed by atoms with Crippen molar-refractivity contribution < 1.29 is 27.9 Å². The van der Waals surface area contributed by atoms with E-state index in [-0.39, 0.29) is 24.5 Å². The number of rotatable bonds is 5. The highest BCUT2D eigenvalue weighted by atomic mass is 19.1. The Morgan fingerprint density at radius 2 is 1.86 bits per heavy atom. The third-order valence-electron chi connectivity index (χ3n) is 5.37. The zero-order valence-electron chi connectivity index (χ0n) is 15.2. The lowest BCUT2D eigenvalue weighted by Crippen LogP contribution is -2.54. The van der Waals surface area contributed by atoms with Gasteiger partial charge in [0.15, 0.2) is 0 Å². The molecule has 9 heteroatoms. The second kappa shape index (κ2) is 7.37. The number of carbonyl (C=O) groups is 3. The lowest BCUT2D eigenvalue weighted by Gasteiger charge is -2.40. The molecule has 28 heavy (non-hydrogen) atoms. The van der Waals surface area contributed by atoms with Gasteiger partial charge in [-0.1, -0.05) is 0 Å². The van der Waals surface area contributed by atoms with E-state index in [0.717, 1.165) is 12.8 Å². The molecule has 2 heterocycles. The molecule has 7 nitrogen and oxygen atoms in total. The Bertz CT molecular complexity index is 798. The highest BCUT2D eigenvalue weighted by molar-refractivity contribution is 6.01. The summed E-state index contributed by atoms with van der Waals surface area (Å²) in [6.07, 6.45) is 1.58. The molecule has 0 radical (unpaired) electrons. The van der Waals surface area contributed by atoms with Gasteiger partial charge in [-0.25, -0.2) is 13.6 Å². The summed E-state index contributed by atoms with van der Waals surface area (Å²) in [5.74, 6) is -3.23. The Hall–Kier alpha value is -2.71. The average Bonchev–Trinajstić information content (AvgIpc) is 3.41. The van der Waals surface area contributed by atoms with E-state index >= 15 is 0 Å². The largest absolute Gasteiger partial charge is 0.442 e. The molecule has 0 aromatic heterocycles. The van der Waals surface area contributed by atoms with Gasteiger partial charge in [0.25, 0.3) is 0 Å². The average molecular weight is 393 g/mol. The van der Waals surface area contributed by atoms with Gasteiger partial charge in [-0.05, 0) is 37.3 Å².